The molecule has 7 aliphatic heterocycles. The third-order valence-electron chi connectivity index (χ3n) is 20.1. The lowest BCUT2D eigenvalue weighted by atomic mass is 9.87. The molecule has 7 amide bonds. The molecule has 0 saturated carbocycles. The summed E-state index contributed by atoms with van der Waals surface area (Å²) in [4.78, 5) is 114. The number of fused-ring (bicyclic) bond motifs is 14. The molecule has 0 spiro atoms. The number of carbonyl (C=O) groups excluding carboxylic acids is 7. The summed E-state index contributed by atoms with van der Waals surface area (Å²) in [5, 5.41) is 104. The van der Waals surface area contributed by atoms with Crippen LogP contribution in [0.15, 0.2) is 164 Å². The molecule has 30 heteroatoms. The lowest BCUT2D eigenvalue weighted by Crippen LogP contribution is -2.56. The van der Waals surface area contributed by atoms with Gasteiger partial charge in [-0.15, -0.1) is 0 Å². The molecule has 16 N–H and O–H groups in total. The van der Waals surface area contributed by atoms with Gasteiger partial charge in [-0.05, 0) is 162 Å². The third kappa shape index (κ3) is 16.3. The van der Waals surface area contributed by atoms with Gasteiger partial charge in [0, 0.05) is 69.4 Å². The van der Waals surface area contributed by atoms with Crippen molar-refractivity contribution in [2.45, 2.75) is 74.3 Å². The minimum Gasteiger partial charge on any atom is -0.508 e. The van der Waals surface area contributed by atoms with Crippen LogP contribution in [0.1, 0.15) is 92.8 Å². The van der Waals surface area contributed by atoms with E-state index in [0.29, 0.717) is 51.3 Å². The topological polar surface area (TPSA) is 409 Å². The molecule has 16 rings (SSSR count). The number of carbonyl (C=O) groups is 7. The normalized spacial score (nSPS) is 20.8. The van der Waals surface area contributed by atoms with Gasteiger partial charge in [0.2, 0.25) is 47.1 Å². The van der Waals surface area contributed by atoms with Gasteiger partial charge in [0.1, 0.15) is 88.6 Å². The monoisotopic (exact) mass is 1550 g/mol. The Morgan fingerprint density at radius 2 is 1.13 bits per heavy atom. The first-order valence-electron chi connectivity index (χ1n) is 35.6. The lowest BCUT2D eigenvalue weighted by Gasteiger charge is -2.35. The Hall–Kier alpha value is -12.2. The van der Waals surface area contributed by atoms with Crippen LogP contribution in [0.4, 0.5) is 0 Å². The highest BCUT2D eigenvalue weighted by Gasteiger charge is 2.42. The first kappa shape index (κ1) is 75.7. The number of nitrogens with two attached hydrogens (primary N) is 1. The first-order valence-corrected chi connectivity index (χ1v) is 36.4. The van der Waals surface area contributed by atoms with E-state index in [0.717, 1.165) is 47.0 Å². The van der Waals surface area contributed by atoms with Gasteiger partial charge in [0.15, 0.2) is 23.0 Å². The number of nitrogens with one attached hydrogen (secondary N) is 7. The maximum Gasteiger partial charge on any atom is 0.248 e. The number of ether oxygens (including phenoxy) is 3. The van der Waals surface area contributed by atoms with Gasteiger partial charge in [0.05, 0.1) is 15.6 Å². The summed E-state index contributed by atoms with van der Waals surface area (Å²) < 4.78 is 18.8. The Balaban J connectivity index is 0.906. The number of phenolic OH excluding ortho intramolecular Hbond substituents is 6. The molecule has 1 fully saturated rings. The zero-order valence-electron chi connectivity index (χ0n) is 59.7. The van der Waals surface area contributed by atoms with Crippen LogP contribution in [0.3, 0.4) is 0 Å². The highest BCUT2D eigenvalue weighted by Crippen LogP contribution is 2.50. The van der Waals surface area contributed by atoms with Crippen molar-refractivity contribution >= 4 is 64.6 Å². The molecule has 9 aromatic rings. The number of hydrogen-bond donors (Lipinski definition) is 15. The molecule has 9 aromatic carbocycles. The second-order valence-corrected chi connectivity index (χ2v) is 28.9. The maximum absolute atomic E-state index is 16.2. The number of piperazine rings is 1. The number of halogens is 2. The van der Waals surface area contributed by atoms with Crippen molar-refractivity contribution in [2.24, 2.45) is 5.73 Å². The van der Waals surface area contributed by atoms with E-state index < -0.39 is 136 Å². The van der Waals surface area contributed by atoms with Crippen LogP contribution in [0.5, 0.6) is 69.0 Å². The average molecular weight is 1550 g/mol. The minimum atomic E-state index is -2.18. The summed E-state index contributed by atoms with van der Waals surface area (Å²) in [5.41, 5.74) is 8.37. The molecule has 17 bridgehead atoms. The molecule has 8 atom stereocenters. The summed E-state index contributed by atoms with van der Waals surface area (Å²) in [6.07, 6.45) is -2.05. The van der Waals surface area contributed by atoms with Gasteiger partial charge in [0.25, 0.3) is 0 Å². The molecule has 7 aliphatic rings. The van der Waals surface area contributed by atoms with Crippen LogP contribution in [-0.2, 0) is 53.1 Å². The fourth-order valence-electron chi connectivity index (χ4n) is 14.2. The number of aliphatic hydroxyl groups excluding tert-OH is 1. The first-order chi connectivity index (χ1) is 53.3. The highest BCUT2D eigenvalue weighted by atomic mass is 35.5. The van der Waals surface area contributed by atoms with Crippen molar-refractivity contribution in [1.29, 1.82) is 0 Å². The molecule has 0 aliphatic carbocycles. The van der Waals surface area contributed by atoms with Gasteiger partial charge in [-0.3, -0.25) is 43.4 Å². The lowest BCUT2D eigenvalue weighted by molar-refractivity contribution is -0.137. The Bertz CT molecular complexity index is 5180. The molecule has 0 aromatic heterocycles. The van der Waals surface area contributed by atoms with Gasteiger partial charge in [-0.2, -0.15) is 0 Å². The number of amides is 7. The Morgan fingerprint density at radius 3 is 1.80 bits per heavy atom. The van der Waals surface area contributed by atoms with Crippen LogP contribution in [0, 0.1) is 0 Å². The van der Waals surface area contributed by atoms with E-state index in [1.54, 1.807) is 0 Å². The molecule has 0 unspecified atom stereocenters. The van der Waals surface area contributed by atoms with E-state index in [9.17, 15) is 40.5 Å². The fourth-order valence-corrected chi connectivity index (χ4v) is 14.7. The molecule has 111 heavy (non-hydrogen) atoms. The quantitative estimate of drug-likeness (QED) is 0.0577. The van der Waals surface area contributed by atoms with Crippen molar-refractivity contribution in [3.8, 4) is 91.2 Å². The summed E-state index contributed by atoms with van der Waals surface area (Å²) in [5.74, 6) is -13.2. The van der Waals surface area contributed by atoms with E-state index >= 15 is 28.8 Å². The van der Waals surface area contributed by atoms with Gasteiger partial charge < -0.3 is 97.8 Å². The number of phenols is 6. The Labute approximate surface area is 645 Å². The zero-order valence-corrected chi connectivity index (χ0v) is 61.2. The van der Waals surface area contributed by atoms with Crippen molar-refractivity contribution in [3.63, 3.8) is 0 Å². The third-order valence-corrected chi connectivity index (χ3v) is 20.7. The standard InChI is InChI=1S/C81H77Cl2N11O17/c1-92(2)22-6-21-85-77(104)70-52-37-59(98)53(39-94-25-23-93(24-26-94)38-40-9-12-43(13-10-40)42-7-4-3-5-8-42)73(100)65(52)51-31-45(15-17-57(51)96)67-78(105)91-71(81(108)90-70)72(99)46-16-20-61(55(83)32-46)111-64-35-48-34-63(74(64)101)110-60-19-11-41(27-54(60)82)28-56-75(102)87-68(79(106)89-69(48)80(107)88-67)47-29-49(95)36-50(30-47)109-62-33-44(14-18-58(62)97)66(84)76(103)86-56/h3-5,7-20,27,29-37,56,66-72,95-101H,6,21-26,28,38-39,84H2,1-2H3,(H,85,104)(H,86,103)(H,87,102)(H,88,107)(H,89,106)(H,90,108)(H,91,105)/t56-,66+,67-,68+,69-,70+,71+,72-/m1/s1. The van der Waals surface area contributed by atoms with E-state index in [2.05, 4.69) is 66.4 Å². The van der Waals surface area contributed by atoms with Crippen LogP contribution < -0.4 is 57.2 Å². The van der Waals surface area contributed by atoms with Crippen molar-refractivity contribution in [1.82, 2.24) is 51.9 Å². The predicted molar refractivity (Wildman–Crippen MR) is 406 cm³/mol. The van der Waals surface area contributed by atoms with Gasteiger partial charge in [-0.25, -0.2) is 0 Å². The number of rotatable bonds is 10. The zero-order chi connectivity index (χ0) is 78.2. The average Bonchev–Trinajstić information content (AvgIpc) is 0.751. The molecule has 572 valence electrons. The number of benzene rings is 9. The van der Waals surface area contributed by atoms with Gasteiger partial charge >= 0.3 is 0 Å². The fraction of sp³-hybridized carbons (Fsp3) is 0.247. The molecule has 7 heterocycles. The van der Waals surface area contributed by atoms with E-state index in [1.807, 2.05) is 54.2 Å². The molecule has 0 radical (unpaired) electrons. The predicted octanol–water partition coefficient (Wildman–Crippen LogP) is 7.95. The SMILES string of the molecule is CN(C)CCCNC(=O)[C@H]1NC(=O)[C@H]2NC(=O)[C@H](NC(=O)[C@@H]3NC(=O)[C@H]4NC(=O)[C@@H](Cc5ccc(c(Cl)c5)Oc5cc3cc(c5O)Oc3ccc(cc3Cl)[C@H]2O)NC(=O)[C@@H](N)c2ccc(O)c(c2)Oc2cc(O)cc4c2)c2ccc(O)c(c2)-c2c1cc(O)c(CN1CCN(Cc3ccc(-c4ccccc4)cc3)CC1)c2O. The second kappa shape index (κ2) is 31.8. The van der Waals surface area contributed by atoms with E-state index in [-0.39, 0.29) is 103 Å². The summed E-state index contributed by atoms with van der Waals surface area (Å²) in [6.45, 7) is 3.15. The largest absolute Gasteiger partial charge is 0.508 e. The Morgan fingerprint density at radius 1 is 0.532 bits per heavy atom. The molecule has 1 saturated heterocycles. The number of aromatic hydroxyl groups is 6. The Kier molecular flexibility index (Phi) is 21.7. The van der Waals surface area contributed by atoms with E-state index in [1.165, 1.54) is 78.9 Å². The molecule has 28 nitrogen and oxygen atoms in total. The van der Waals surface area contributed by atoms with Crippen molar-refractivity contribution < 1.29 is 83.5 Å². The summed E-state index contributed by atoms with van der Waals surface area (Å²) in [6, 6.07) is 27.1. The number of nitrogens with zero attached hydrogens (tertiary/aromatic N) is 3. The minimum absolute atomic E-state index is 0.0368. The van der Waals surface area contributed by atoms with Crippen molar-refractivity contribution in [2.75, 3.05) is 53.4 Å². The second-order valence-electron chi connectivity index (χ2n) is 28.1. The van der Waals surface area contributed by atoms with Gasteiger partial charge in [-0.1, -0.05) is 102 Å². The summed E-state index contributed by atoms with van der Waals surface area (Å²) in [7, 11) is 3.67. The van der Waals surface area contributed by atoms with E-state index in [4.69, 9.17) is 43.1 Å². The smallest absolute Gasteiger partial charge is 0.248 e. The number of aliphatic hydroxyl groups is 1. The highest BCUT2D eigenvalue weighted by molar-refractivity contribution is 6.32. The van der Waals surface area contributed by atoms with Crippen LogP contribution in [0.25, 0.3) is 22.3 Å². The summed E-state index contributed by atoms with van der Waals surface area (Å²) >= 11 is 14.0. The van der Waals surface area contributed by atoms with Crippen LogP contribution in [-0.4, -0.2) is 157 Å². The molecular weight excluding hydrogens is 1470 g/mol. The van der Waals surface area contributed by atoms with Crippen LogP contribution >= 0.6 is 23.2 Å². The maximum atomic E-state index is 16.2. The molecular formula is C81H77Cl2N11O17. The number of hydrogen-bond acceptors (Lipinski definition) is 21. The van der Waals surface area contributed by atoms with Crippen molar-refractivity contribution in [3.05, 3.63) is 224 Å². The van der Waals surface area contributed by atoms with Crippen LogP contribution in [0.2, 0.25) is 10.0 Å².